The minimum Gasteiger partial charge on any atom is -0.633 e. The van der Waals surface area contributed by atoms with Gasteiger partial charge in [0.25, 0.3) is 0 Å². The molecule has 21 heavy (non-hydrogen) atoms. The molecule has 1 aromatic carbocycles. The van der Waals surface area contributed by atoms with Crippen LogP contribution < -0.4 is 0 Å². The van der Waals surface area contributed by atoms with Crippen LogP contribution in [0.1, 0.15) is 57.4 Å². The largest absolute Gasteiger partial charge is 0.633 e. The monoisotopic (exact) mass is 287 g/mol. The molecule has 1 unspecified atom stereocenters. The van der Waals surface area contributed by atoms with Gasteiger partial charge in [-0.3, -0.25) is 0 Å². The number of nitrogens with zero attached hydrogens (tertiary/aromatic N) is 1. The number of benzene rings is 1. The molecule has 2 heteroatoms. The van der Waals surface area contributed by atoms with Crippen LogP contribution in [0.3, 0.4) is 0 Å². The average molecular weight is 287 g/mol. The van der Waals surface area contributed by atoms with Gasteiger partial charge in [0.15, 0.2) is 0 Å². The van der Waals surface area contributed by atoms with Gasteiger partial charge in [0, 0.05) is 19.3 Å². The molecule has 1 saturated carbocycles. The molecule has 3 rings (SSSR count). The van der Waals surface area contributed by atoms with Crippen molar-refractivity contribution in [3.8, 4) is 0 Å². The second kappa shape index (κ2) is 6.10. The molecule has 0 amide bonds. The average Bonchev–Trinajstić information content (AvgIpc) is 2.53. The van der Waals surface area contributed by atoms with Crippen LogP contribution in [0.25, 0.3) is 0 Å². The Morgan fingerprint density at radius 1 is 1.00 bits per heavy atom. The Bertz CT molecular complexity index is 440. The highest BCUT2D eigenvalue weighted by atomic mass is 16.5. The van der Waals surface area contributed by atoms with E-state index in [9.17, 15) is 5.21 Å². The number of piperidine rings is 1. The lowest BCUT2D eigenvalue weighted by Gasteiger charge is -2.55. The van der Waals surface area contributed by atoms with E-state index >= 15 is 0 Å². The SMILES string of the molecule is CC(Cc1ccccc1)[N+]1([O-])CCC2(CCCCC2)CC1. The zero-order valence-electron chi connectivity index (χ0n) is 13.4. The summed E-state index contributed by atoms with van der Waals surface area (Å²) in [6.45, 7) is 3.83. The van der Waals surface area contributed by atoms with Gasteiger partial charge in [-0.1, -0.05) is 49.6 Å². The third-order valence-electron chi connectivity index (χ3n) is 6.13. The topological polar surface area (TPSA) is 23.1 Å². The fourth-order valence-electron chi connectivity index (χ4n) is 4.45. The Hall–Kier alpha value is -0.860. The molecular weight excluding hydrogens is 258 g/mol. The molecule has 1 aromatic rings. The molecule has 2 aliphatic rings. The smallest absolute Gasteiger partial charge is 0.0899 e. The van der Waals surface area contributed by atoms with Crippen molar-refractivity contribution in [3.05, 3.63) is 41.1 Å². The van der Waals surface area contributed by atoms with Gasteiger partial charge in [0.05, 0.1) is 19.1 Å². The maximum absolute atomic E-state index is 13.2. The fourth-order valence-corrected chi connectivity index (χ4v) is 4.45. The number of hydrogen-bond acceptors (Lipinski definition) is 1. The van der Waals surface area contributed by atoms with Crippen LogP contribution in [0.15, 0.2) is 30.3 Å². The first kappa shape index (κ1) is 15.1. The molecular formula is C19H29NO. The Morgan fingerprint density at radius 2 is 1.62 bits per heavy atom. The lowest BCUT2D eigenvalue weighted by Crippen LogP contribution is -2.57. The van der Waals surface area contributed by atoms with E-state index in [0.717, 1.165) is 32.4 Å². The Kier molecular flexibility index (Phi) is 4.37. The van der Waals surface area contributed by atoms with Crippen LogP contribution >= 0.6 is 0 Å². The molecule has 2 nitrogen and oxygen atoms in total. The van der Waals surface area contributed by atoms with Crippen LogP contribution in [-0.2, 0) is 6.42 Å². The molecule has 1 heterocycles. The van der Waals surface area contributed by atoms with E-state index in [0.29, 0.717) is 5.41 Å². The highest BCUT2D eigenvalue weighted by molar-refractivity contribution is 5.15. The third-order valence-corrected chi connectivity index (χ3v) is 6.13. The molecule has 1 saturated heterocycles. The summed E-state index contributed by atoms with van der Waals surface area (Å²) >= 11 is 0. The summed E-state index contributed by atoms with van der Waals surface area (Å²) in [7, 11) is 0. The van der Waals surface area contributed by atoms with E-state index < -0.39 is 0 Å². The van der Waals surface area contributed by atoms with Crippen molar-refractivity contribution in [1.29, 1.82) is 0 Å². The van der Waals surface area contributed by atoms with Crippen LogP contribution in [0.4, 0.5) is 0 Å². The van der Waals surface area contributed by atoms with Gasteiger partial charge in [-0.25, -0.2) is 0 Å². The van der Waals surface area contributed by atoms with Gasteiger partial charge in [-0.05, 0) is 30.7 Å². The summed E-state index contributed by atoms with van der Waals surface area (Å²) in [5.41, 5.74) is 1.84. The number of hydroxylamine groups is 3. The number of rotatable bonds is 3. The Morgan fingerprint density at radius 3 is 2.24 bits per heavy atom. The molecule has 1 atom stereocenters. The third kappa shape index (κ3) is 3.32. The zero-order valence-corrected chi connectivity index (χ0v) is 13.4. The number of quaternary nitrogens is 1. The highest BCUT2D eigenvalue weighted by Crippen LogP contribution is 2.46. The molecule has 116 valence electrons. The predicted molar refractivity (Wildman–Crippen MR) is 87.7 cm³/mol. The van der Waals surface area contributed by atoms with Crippen LogP contribution in [0.2, 0.25) is 0 Å². The second-order valence-electron chi connectivity index (χ2n) is 7.50. The minimum atomic E-state index is 0.0383. The number of hydrogen-bond donors (Lipinski definition) is 0. The normalized spacial score (nSPS) is 25.6. The summed E-state index contributed by atoms with van der Waals surface area (Å²) in [5.74, 6) is 0. The lowest BCUT2D eigenvalue weighted by atomic mass is 9.68. The van der Waals surface area contributed by atoms with Crippen LogP contribution in [0.5, 0.6) is 0 Å². The Balaban J connectivity index is 1.60. The maximum Gasteiger partial charge on any atom is 0.0899 e. The quantitative estimate of drug-likeness (QED) is 0.585. The second-order valence-corrected chi connectivity index (χ2v) is 7.50. The number of likely N-dealkylation sites (tertiary alicyclic amines) is 1. The van der Waals surface area contributed by atoms with E-state index in [1.807, 2.05) is 6.07 Å². The molecule has 1 aliphatic heterocycles. The molecule has 0 aromatic heterocycles. The van der Waals surface area contributed by atoms with E-state index in [4.69, 9.17) is 0 Å². The zero-order chi connectivity index (χ0) is 14.8. The predicted octanol–water partition coefficient (Wildman–Crippen LogP) is 4.68. The van der Waals surface area contributed by atoms with E-state index in [1.54, 1.807) is 0 Å². The van der Waals surface area contributed by atoms with Crippen molar-refractivity contribution in [1.82, 2.24) is 0 Å². The summed E-state index contributed by atoms with van der Waals surface area (Å²) < 4.78 is 0.0383. The molecule has 2 fully saturated rings. The fraction of sp³-hybridized carbons (Fsp3) is 0.684. The molecule has 1 spiro atoms. The molecule has 1 aliphatic carbocycles. The maximum atomic E-state index is 13.2. The van der Waals surface area contributed by atoms with Crippen molar-refractivity contribution in [2.45, 2.75) is 64.3 Å². The summed E-state index contributed by atoms with van der Waals surface area (Å²) in [4.78, 5) is 0. The van der Waals surface area contributed by atoms with Gasteiger partial charge < -0.3 is 9.85 Å². The van der Waals surface area contributed by atoms with Crippen LogP contribution in [-0.4, -0.2) is 23.8 Å². The van der Waals surface area contributed by atoms with Crippen molar-refractivity contribution >= 4 is 0 Å². The summed E-state index contributed by atoms with van der Waals surface area (Å²) in [5, 5.41) is 13.2. The van der Waals surface area contributed by atoms with Crippen molar-refractivity contribution < 1.29 is 4.65 Å². The summed E-state index contributed by atoms with van der Waals surface area (Å²) in [6, 6.07) is 10.7. The molecule has 0 radical (unpaired) electrons. The van der Waals surface area contributed by atoms with E-state index in [1.165, 1.54) is 37.7 Å². The van der Waals surface area contributed by atoms with Gasteiger partial charge in [-0.15, -0.1) is 0 Å². The van der Waals surface area contributed by atoms with Crippen molar-refractivity contribution in [3.63, 3.8) is 0 Å². The van der Waals surface area contributed by atoms with Crippen molar-refractivity contribution in [2.24, 2.45) is 5.41 Å². The van der Waals surface area contributed by atoms with Crippen molar-refractivity contribution in [2.75, 3.05) is 13.1 Å². The lowest BCUT2D eigenvalue weighted by molar-refractivity contribution is -0.910. The van der Waals surface area contributed by atoms with E-state index in [-0.39, 0.29) is 10.7 Å². The standard InChI is InChI=1S/C19H29NO/c1-17(16-18-8-4-2-5-9-18)20(21)14-12-19(13-15-20)10-6-3-7-11-19/h2,4-5,8-9,17H,3,6-7,10-16H2,1H3. The van der Waals surface area contributed by atoms with Crippen LogP contribution in [0, 0.1) is 10.6 Å². The first-order chi connectivity index (χ1) is 10.1. The molecule has 0 N–H and O–H groups in total. The first-order valence-corrected chi connectivity index (χ1v) is 8.74. The van der Waals surface area contributed by atoms with Gasteiger partial charge in [0.1, 0.15) is 0 Å². The molecule has 0 bridgehead atoms. The summed E-state index contributed by atoms with van der Waals surface area (Å²) in [6.07, 6.45) is 10.2. The Labute approximate surface area is 129 Å². The van der Waals surface area contributed by atoms with E-state index in [2.05, 4.69) is 31.2 Å². The highest BCUT2D eigenvalue weighted by Gasteiger charge is 2.41. The minimum absolute atomic E-state index is 0.0383. The van der Waals surface area contributed by atoms with Gasteiger partial charge in [0.2, 0.25) is 0 Å². The first-order valence-electron chi connectivity index (χ1n) is 8.74. The van der Waals surface area contributed by atoms with Gasteiger partial charge >= 0.3 is 0 Å². The van der Waals surface area contributed by atoms with Gasteiger partial charge in [-0.2, -0.15) is 0 Å².